The Morgan fingerprint density at radius 3 is 2.32 bits per heavy atom. The Labute approximate surface area is 146 Å². The van der Waals surface area contributed by atoms with Crippen molar-refractivity contribution < 1.29 is 0 Å². The number of imidazole rings is 1. The van der Waals surface area contributed by atoms with Crippen LogP contribution in [-0.4, -0.2) is 31.8 Å². The zero-order valence-electron chi connectivity index (χ0n) is 15.2. The van der Waals surface area contributed by atoms with Gasteiger partial charge in [0.05, 0.1) is 6.33 Å². The van der Waals surface area contributed by atoms with E-state index in [1.165, 1.54) is 17.2 Å². The van der Waals surface area contributed by atoms with Crippen molar-refractivity contribution in [2.45, 2.75) is 20.4 Å². The van der Waals surface area contributed by atoms with Gasteiger partial charge in [-0.3, -0.25) is 13.9 Å². The summed E-state index contributed by atoms with van der Waals surface area (Å²) in [6, 6.07) is 10.3. The van der Waals surface area contributed by atoms with E-state index in [-0.39, 0.29) is 11.2 Å². The van der Waals surface area contributed by atoms with Crippen LogP contribution in [0.5, 0.6) is 0 Å². The molecular weight excluding hydrogens is 318 g/mol. The predicted molar refractivity (Wildman–Crippen MR) is 99.9 cm³/mol. The molecule has 0 radical (unpaired) electrons. The summed E-state index contributed by atoms with van der Waals surface area (Å²) in [6.45, 7) is 6.39. The maximum Gasteiger partial charge on any atom is 0.332 e. The van der Waals surface area contributed by atoms with Crippen molar-refractivity contribution in [1.29, 1.82) is 0 Å². The van der Waals surface area contributed by atoms with Gasteiger partial charge in [0.15, 0.2) is 11.2 Å². The average molecular weight is 343 g/mol. The first-order chi connectivity index (χ1) is 12.0. The Morgan fingerprint density at radius 1 is 1.08 bits per heavy atom. The van der Waals surface area contributed by atoms with Gasteiger partial charge in [0.25, 0.3) is 5.56 Å². The van der Waals surface area contributed by atoms with Crippen molar-refractivity contribution in [3.63, 3.8) is 0 Å². The Hall–Kier alpha value is -2.67. The third kappa shape index (κ3) is 4.24. The Balaban J connectivity index is 0.000000269. The largest absolute Gasteiger partial charge is 0.332 e. The second-order valence-electron chi connectivity index (χ2n) is 5.82. The molecule has 2 heterocycles. The number of hydrogen-bond acceptors (Lipinski definition) is 4. The summed E-state index contributed by atoms with van der Waals surface area (Å²) in [6.07, 6.45) is 1.60. The highest BCUT2D eigenvalue weighted by molar-refractivity contribution is 5.69. The van der Waals surface area contributed by atoms with Crippen LogP contribution in [0.15, 0.2) is 46.2 Å². The minimum atomic E-state index is -0.357. The molecule has 0 saturated heterocycles. The van der Waals surface area contributed by atoms with Gasteiger partial charge in [-0.05, 0) is 13.5 Å². The quantitative estimate of drug-likeness (QED) is 0.718. The lowest BCUT2D eigenvalue weighted by Crippen LogP contribution is -2.37. The minimum absolute atomic E-state index is 0.304. The molecule has 0 fully saturated rings. The molecule has 0 spiro atoms. The SMILES string of the molecule is CCNCCn1cnc2c1c(=O)n(C)c(=O)n2C.Cc1ccccc1. The summed E-state index contributed by atoms with van der Waals surface area (Å²) in [4.78, 5) is 28.0. The van der Waals surface area contributed by atoms with Gasteiger partial charge in [-0.2, -0.15) is 0 Å². The van der Waals surface area contributed by atoms with E-state index in [2.05, 4.69) is 29.4 Å². The lowest BCUT2D eigenvalue weighted by Gasteiger charge is -2.06. The number of benzene rings is 1. The summed E-state index contributed by atoms with van der Waals surface area (Å²) in [5.41, 5.74) is 1.56. The van der Waals surface area contributed by atoms with E-state index < -0.39 is 0 Å². The number of likely N-dealkylation sites (N-methyl/N-ethyl adjacent to an activating group) is 1. The lowest BCUT2D eigenvalue weighted by molar-refractivity contribution is 0.619. The summed E-state index contributed by atoms with van der Waals surface area (Å²) < 4.78 is 4.27. The van der Waals surface area contributed by atoms with Gasteiger partial charge < -0.3 is 9.88 Å². The van der Waals surface area contributed by atoms with Crippen molar-refractivity contribution in [2.75, 3.05) is 13.1 Å². The molecule has 3 aromatic rings. The van der Waals surface area contributed by atoms with Gasteiger partial charge in [0.1, 0.15) is 0 Å². The average Bonchev–Trinajstić information content (AvgIpc) is 3.04. The molecule has 0 amide bonds. The van der Waals surface area contributed by atoms with Crippen molar-refractivity contribution in [2.24, 2.45) is 14.1 Å². The van der Waals surface area contributed by atoms with Crippen LogP contribution in [0, 0.1) is 6.92 Å². The van der Waals surface area contributed by atoms with Crippen LogP contribution in [0.25, 0.3) is 11.2 Å². The molecule has 0 saturated carbocycles. The van der Waals surface area contributed by atoms with Crippen LogP contribution in [0.1, 0.15) is 12.5 Å². The number of hydrogen-bond donors (Lipinski definition) is 1. The highest BCUT2D eigenvalue weighted by atomic mass is 16.2. The summed E-state index contributed by atoms with van der Waals surface area (Å²) >= 11 is 0. The molecule has 1 N–H and O–H groups in total. The molecule has 0 aliphatic heterocycles. The molecule has 3 rings (SSSR count). The van der Waals surface area contributed by atoms with Gasteiger partial charge in [-0.25, -0.2) is 9.78 Å². The van der Waals surface area contributed by atoms with Gasteiger partial charge in [-0.15, -0.1) is 0 Å². The molecular formula is C18H25N5O2. The van der Waals surface area contributed by atoms with Crippen LogP contribution >= 0.6 is 0 Å². The fraction of sp³-hybridized carbons (Fsp3) is 0.389. The molecule has 134 valence electrons. The molecule has 0 bridgehead atoms. The van der Waals surface area contributed by atoms with E-state index in [0.717, 1.165) is 17.7 Å². The fourth-order valence-corrected chi connectivity index (χ4v) is 2.48. The number of fused-ring (bicyclic) bond motifs is 1. The first-order valence-electron chi connectivity index (χ1n) is 8.30. The van der Waals surface area contributed by atoms with Gasteiger partial charge in [0.2, 0.25) is 0 Å². The van der Waals surface area contributed by atoms with Crippen molar-refractivity contribution >= 4 is 11.2 Å². The van der Waals surface area contributed by atoms with Crippen LogP contribution in [0.2, 0.25) is 0 Å². The summed E-state index contributed by atoms with van der Waals surface area (Å²) in [5, 5.41) is 3.19. The second-order valence-corrected chi connectivity index (χ2v) is 5.82. The Bertz CT molecular complexity index is 938. The normalized spacial score (nSPS) is 10.6. The summed E-state index contributed by atoms with van der Waals surface area (Å²) in [7, 11) is 3.09. The van der Waals surface area contributed by atoms with E-state index >= 15 is 0 Å². The van der Waals surface area contributed by atoms with E-state index in [1.54, 1.807) is 17.9 Å². The highest BCUT2D eigenvalue weighted by Crippen LogP contribution is 2.04. The molecule has 0 aliphatic carbocycles. The molecule has 0 unspecified atom stereocenters. The minimum Gasteiger partial charge on any atom is -0.323 e. The van der Waals surface area contributed by atoms with Gasteiger partial charge in [0, 0.05) is 27.2 Å². The standard InChI is InChI=1S/C11H17N5O2.C7H8/c1-4-12-5-6-16-7-13-9-8(16)10(17)15(3)11(18)14(9)2;1-7-5-3-2-4-6-7/h7,12H,4-6H2,1-3H3;2-6H,1H3. The first kappa shape index (κ1) is 18.7. The molecule has 0 aliphatic rings. The van der Waals surface area contributed by atoms with Crippen molar-refractivity contribution in [3.8, 4) is 0 Å². The van der Waals surface area contributed by atoms with Crippen LogP contribution < -0.4 is 16.6 Å². The van der Waals surface area contributed by atoms with E-state index in [1.807, 2.05) is 25.1 Å². The zero-order valence-corrected chi connectivity index (χ0v) is 15.2. The summed E-state index contributed by atoms with van der Waals surface area (Å²) in [5.74, 6) is 0. The molecule has 1 aromatic carbocycles. The zero-order chi connectivity index (χ0) is 18.4. The lowest BCUT2D eigenvalue weighted by atomic mass is 10.2. The van der Waals surface area contributed by atoms with E-state index in [9.17, 15) is 9.59 Å². The van der Waals surface area contributed by atoms with E-state index in [4.69, 9.17) is 0 Å². The van der Waals surface area contributed by atoms with Gasteiger partial charge in [-0.1, -0.05) is 42.8 Å². The number of aryl methyl sites for hydroxylation is 2. The van der Waals surface area contributed by atoms with Crippen molar-refractivity contribution in [3.05, 3.63) is 63.1 Å². The molecule has 25 heavy (non-hydrogen) atoms. The van der Waals surface area contributed by atoms with Gasteiger partial charge >= 0.3 is 5.69 Å². The predicted octanol–water partition coefficient (Wildman–Crippen LogP) is 1.04. The molecule has 2 aromatic heterocycles. The topological polar surface area (TPSA) is 73.8 Å². The maximum absolute atomic E-state index is 12.1. The molecule has 7 heteroatoms. The third-order valence-corrected chi connectivity index (χ3v) is 3.94. The van der Waals surface area contributed by atoms with Crippen LogP contribution in [-0.2, 0) is 20.6 Å². The molecule has 7 nitrogen and oxygen atoms in total. The Kier molecular flexibility index (Phi) is 6.30. The maximum atomic E-state index is 12.1. The number of nitrogens with one attached hydrogen (secondary N) is 1. The van der Waals surface area contributed by atoms with E-state index in [0.29, 0.717) is 17.7 Å². The Morgan fingerprint density at radius 2 is 1.76 bits per heavy atom. The third-order valence-electron chi connectivity index (χ3n) is 3.94. The monoisotopic (exact) mass is 343 g/mol. The first-order valence-corrected chi connectivity index (χ1v) is 8.30. The second kappa shape index (κ2) is 8.43. The van der Waals surface area contributed by atoms with Crippen LogP contribution in [0.3, 0.4) is 0 Å². The highest BCUT2D eigenvalue weighted by Gasteiger charge is 2.13. The number of nitrogens with zero attached hydrogens (tertiary/aromatic N) is 4. The molecule has 0 atom stereocenters. The number of aromatic nitrogens is 4. The van der Waals surface area contributed by atoms with Crippen LogP contribution in [0.4, 0.5) is 0 Å². The van der Waals surface area contributed by atoms with Crippen molar-refractivity contribution in [1.82, 2.24) is 24.0 Å². The smallest absolute Gasteiger partial charge is 0.323 e. The fourth-order valence-electron chi connectivity index (χ4n) is 2.48. The number of rotatable bonds is 4.